The van der Waals surface area contributed by atoms with Crippen LogP contribution in [0.3, 0.4) is 0 Å². The molecule has 0 unspecified atom stereocenters. The van der Waals surface area contributed by atoms with E-state index in [-0.39, 0.29) is 5.91 Å². The molecule has 0 aliphatic carbocycles. The molecule has 1 saturated heterocycles. The van der Waals surface area contributed by atoms with Crippen molar-refractivity contribution in [3.63, 3.8) is 0 Å². The predicted octanol–water partition coefficient (Wildman–Crippen LogP) is 4.54. The van der Waals surface area contributed by atoms with Crippen molar-refractivity contribution in [2.45, 2.75) is 0 Å². The molecule has 0 bridgehead atoms. The zero-order chi connectivity index (χ0) is 18.5. The van der Waals surface area contributed by atoms with Crippen LogP contribution in [0.5, 0.6) is 0 Å². The van der Waals surface area contributed by atoms with Crippen molar-refractivity contribution >= 4 is 35.1 Å². The fourth-order valence-electron chi connectivity index (χ4n) is 2.48. The Morgan fingerprint density at radius 3 is 2.44 bits per heavy atom. The van der Waals surface area contributed by atoms with Crippen molar-refractivity contribution in [1.29, 1.82) is 0 Å². The van der Waals surface area contributed by atoms with Gasteiger partial charge in [-0.05, 0) is 29.5 Å². The zero-order valence-electron chi connectivity index (χ0n) is 14.2. The summed E-state index contributed by atoms with van der Waals surface area (Å²) in [6.45, 7) is 0. The van der Waals surface area contributed by atoms with Crippen LogP contribution in [-0.4, -0.2) is 17.3 Å². The van der Waals surface area contributed by atoms with Gasteiger partial charge in [-0.1, -0.05) is 60.7 Å². The third kappa shape index (κ3) is 4.24. The van der Waals surface area contributed by atoms with E-state index in [1.807, 2.05) is 72.8 Å². The van der Waals surface area contributed by atoms with E-state index in [1.165, 1.54) is 11.8 Å². The molecule has 6 heteroatoms. The first kappa shape index (κ1) is 17.1. The van der Waals surface area contributed by atoms with Crippen molar-refractivity contribution in [3.05, 3.63) is 89.0 Å². The van der Waals surface area contributed by atoms with E-state index in [0.717, 1.165) is 16.9 Å². The molecule has 1 fully saturated rings. The Balaban J connectivity index is 1.47. The molecule has 3 aromatic rings. The summed E-state index contributed by atoms with van der Waals surface area (Å²) < 4.78 is 5.81. The summed E-state index contributed by atoms with van der Waals surface area (Å²) in [5.41, 5.74) is 1.93. The lowest BCUT2D eigenvalue weighted by molar-refractivity contribution is -0.115. The highest BCUT2D eigenvalue weighted by molar-refractivity contribution is 8.18. The number of carbonyl (C=O) groups excluding carboxylic acids is 1. The third-order valence-corrected chi connectivity index (χ3v) is 4.66. The molecular formula is C21H15N3O2S. The highest BCUT2D eigenvalue weighted by Crippen LogP contribution is 2.28. The molecule has 1 N–H and O–H groups in total. The van der Waals surface area contributed by atoms with E-state index >= 15 is 0 Å². The number of thioether (sulfide) groups is 1. The summed E-state index contributed by atoms with van der Waals surface area (Å²) in [7, 11) is 0. The second-order valence-electron chi connectivity index (χ2n) is 5.69. The van der Waals surface area contributed by atoms with Crippen LogP contribution < -0.4 is 5.32 Å². The van der Waals surface area contributed by atoms with Crippen molar-refractivity contribution < 1.29 is 9.21 Å². The molecule has 0 spiro atoms. The highest BCUT2D eigenvalue weighted by Gasteiger charge is 2.24. The minimum Gasteiger partial charge on any atom is -0.457 e. The molecule has 2 heterocycles. The molecule has 5 nitrogen and oxygen atoms in total. The number of amidine groups is 1. The lowest BCUT2D eigenvalue weighted by atomic mass is 10.2. The number of hydrogen-bond acceptors (Lipinski definition) is 5. The lowest BCUT2D eigenvalue weighted by Crippen LogP contribution is -2.19. The molecule has 2 aromatic carbocycles. The van der Waals surface area contributed by atoms with Crippen LogP contribution in [0.25, 0.3) is 17.4 Å². The predicted molar refractivity (Wildman–Crippen MR) is 109 cm³/mol. The van der Waals surface area contributed by atoms with Gasteiger partial charge in [0.25, 0.3) is 5.91 Å². The lowest BCUT2D eigenvalue weighted by Gasteiger charge is -1.95. The summed E-state index contributed by atoms with van der Waals surface area (Å²) in [4.78, 5) is 12.6. The normalized spacial score (nSPS) is 17.1. The van der Waals surface area contributed by atoms with Crippen LogP contribution in [0.2, 0.25) is 0 Å². The Bertz CT molecular complexity index is 1040. The number of benzene rings is 2. The largest absolute Gasteiger partial charge is 0.457 e. The smallest absolute Gasteiger partial charge is 0.264 e. The van der Waals surface area contributed by atoms with Crippen LogP contribution in [0.15, 0.2) is 92.3 Å². The maximum Gasteiger partial charge on any atom is 0.264 e. The molecule has 4 rings (SSSR count). The Hall–Kier alpha value is -3.38. The molecule has 1 aromatic heterocycles. The van der Waals surface area contributed by atoms with Gasteiger partial charge < -0.3 is 4.42 Å². The molecule has 0 atom stereocenters. The third-order valence-electron chi connectivity index (χ3n) is 3.76. The Kier molecular flexibility index (Phi) is 4.98. The zero-order valence-corrected chi connectivity index (χ0v) is 15.0. The number of nitrogens with one attached hydrogen (secondary N) is 1. The van der Waals surface area contributed by atoms with Crippen LogP contribution in [0.1, 0.15) is 11.3 Å². The van der Waals surface area contributed by atoms with E-state index in [2.05, 4.69) is 15.5 Å². The van der Waals surface area contributed by atoms with Crippen molar-refractivity contribution in [2.24, 2.45) is 10.2 Å². The van der Waals surface area contributed by atoms with Crippen molar-refractivity contribution in [3.8, 4) is 11.3 Å². The van der Waals surface area contributed by atoms with E-state index in [1.54, 1.807) is 12.3 Å². The van der Waals surface area contributed by atoms with Gasteiger partial charge in [-0.25, -0.2) is 0 Å². The first-order valence-corrected chi connectivity index (χ1v) is 9.12. The molecule has 1 aliphatic heterocycles. The maximum atomic E-state index is 12.1. The Labute approximate surface area is 160 Å². The van der Waals surface area contributed by atoms with Gasteiger partial charge in [-0.3, -0.25) is 10.1 Å². The SMILES string of the molecule is O=C1N/C(=N\N=C\c2ccccc2)S/C1=C/c1ccc(-c2ccccc2)o1. The summed E-state index contributed by atoms with van der Waals surface area (Å²) >= 11 is 1.23. The Morgan fingerprint density at radius 1 is 0.926 bits per heavy atom. The maximum absolute atomic E-state index is 12.1. The van der Waals surface area contributed by atoms with Crippen molar-refractivity contribution in [1.82, 2.24) is 5.32 Å². The minimum atomic E-state index is -0.216. The molecule has 132 valence electrons. The summed E-state index contributed by atoms with van der Waals surface area (Å²) in [5.74, 6) is 1.15. The minimum absolute atomic E-state index is 0.216. The highest BCUT2D eigenvalue weighted by atomic mass is 32.2. The number of hydrogen-bond donors (Lipinski definition) is 1. The van der Waals surface area contributed by atoms with Crippen LogP contribution in [-0.2, 0) is 4.79 Å². The van der Waals surface area contributed by atoms with Gasteiger partial charge in [0.1, 0.15) is 11.5 Å². The van der Waals surface area contributed by atoms with E-state index < -0.39 is 0 Å². The number of amides is 1. The standard InChI is InChI=1S/C21H15N3O2S/c25-20-19(13-17-11-12-18(26-17)16-9-5-2-6-10-16)27-21(23-20)24-22-14-15-7-3-1-4-8-15/h1-14H,(H,23,24,25)/b19-13+,22-14+. The van der Waals surface area contributed by atoms with E-state index in [9.17, 15) is 4.79 Å². The molecule has 27 heavy (non-hydrogen) atoms. The fourth-order valence-corrected chi connectivity index (χ4v) is 3.24. The first-order valence-electron chi connectivity index (χ1n) is 8.30. The summed E-state index contributed by atoms with van der Waals surface area (Å²) in [6, 6.07) is 23.2. The van der Waals surface area contributed by atoms with Crippen LogP contribution in [0, 0.1) is 0 Å². The van der Waals surface area contributed by atoms with Gasteiger partial charge in [0.15, 0.2) is 5.17 Å². The average Bonchev–Trinajstić information content (AvgIpc) is 3.31. The fraction of sp³-hybridized carbons (Fsp3) is 0. The number of nitrogens with zero attached hydrogens (tertiary/aromatic N) is 2. The summed E-state index contributed by atoms with van der Waals surface area (Å²) in [6.07, 6.45) is 3.34. The number of rotatable bonds is 4. The van der Waals surface area contributed by atoms with Gasteiger partial charge >= 0.3 is 0 Å². The molecule has 0 radical (unpaired) electrons. The quantitative estimate of drug-likeness (QED) is 0.415. The second kappa shape index (κ2) is 7.88. The van der Waals surface area contributed by atoms with Gasteiger partial charge in [0.05, 0.1) is 11.1 Å². The topological polar surface area (TPSA) is 67.0 Å². The molecular weight excluding hydrogens is 358 g/mol. The summed E-state index contributed by atoms with van der Waals surface area (Å²) in [5, 5.41) is 11.2. The molecule has 1 aliphatic rings. The monoisotopic (exact) mass is 373 g/mol. The molecule has 1 amide bonds. The van der Waals surface area contributed by atoms with Crippen LogP contribution in [0.4, 0.5) is 0 Å². The van der Waals surface area contributed by atoms with E-state index in [0.29, 0.717) is 15.8 Å². The van der Waals surface area contributed by atoms with Gasteiger partial charge in [-0.2, -0.15) is 5.10 Å². The van der Waals surface area contributed by atoms with Gasteiger partial charge in [0, 0.05) is 11.6 Å². The van der Waals surface area contributed by atoms with Gasteiger partial charge in [-0.15, -0.1) is 5.10 Å². The van der Waals surface area contributed by atoms with Gasteiger partial charge in [0.2, 0.25) is 0 Å². The average molecular weight is 373 g/mol. The first-order chi connectivity index (χ1) is 13.3. The Morgan fingerprint density at radius 2 is 1.67 bits per heavy atom. The second-order valence-corrected chi connectivity index (χ2v) is 6.72. The van der Waals surface area contributed by atoms with Crippen LogP contribution >= 0.6 is 11.8 Å². The molecule has 0 saturated carbocycles. The van der Waals surface area contributed by atoms with Crippen molar-refractivity contribution in [2.75, 3.05) is 0 Å². The number of carbonyl (C=O) groups is 1. The number of furan rings is 1. The van der Waals surface area contributed by atoms with E-state index in [4.69, 9.17) is 4.42 Å².